The summed E-state index contributed by atoms with van der Waals surface area (Å²) in [4.78, 5) is 26.6. The van der Waals surface area contributed by atoms with E-state index in [1.165, 1.54) is 32.2 Å². The summed E-state index contributed by atoms with van der Waals surface area (Å²) < 4.78 is 40.1. The first kappa shape index (κ1) is 24.6. The Balaban J connectivity index is 2.45. The number of sulfonamides is 1. The highest BCUT2D eigenvalue weighted by molar-refractivity contribution is 7.92. The highest BCUT2D eigenvalue weighted by atomic mass is 35.5. The lowest BCUT2D eigenvalue weighted by atomic mass is 10.1. The van der Waals surface area contributed by atoms with Crippen molar-refractivity contribution in [2.45, 2.75) is 26.4 Å². The van der Waals surface area contributed by atoms with Crippen molar-refractivity contribution in [3.05, 3.63) is 64.4 Å². The maximum absolute atomic E-state index is 14.2. The standard InChI is InChI=1S/C21H25ClFN3O4S/c1-14-17(22)9-7-11-19(14)26(31(4,29)30)13-20(27)25(15(2)21(28)24-3)12-16-8-5-6-10-18(16)23/h5-11,15H,12-13H2,1-4H3,(H,24,28). The smallest absolute Gasteiger partial charge is 0.244 e. The van der Waals surface area contributed by atoms with Gasteiger partial charge in [0.05, 0.1) is 11.9 Å². The van der Waals surface area contributed by atoms with E-state index in [0.29, 0.717) is 10.6 Å². The number of anilines is 1. The molecule has 10 heteroatoms. The van der Waals surface area contributed by atoms with Gasteiger partial charge in [-0.3, -0.25) is 13.9 Å². The molecule has 0 heterocycles. The predicted octanol–water partition coefficient (Wildman–Crippen LogP) is 2.72. The molecule has 0 radical (unpaired) electrons. The number of likely N-dealkylation sites (N-methyl/N-ethyl adjacent to an activating group) is 1. The van der Waals surface area contributed by atoms with Crippen LogP contribution in [-0.2, 0) is 26.2 Å². The molecule has 7 nitrogen and oxygen atoms in total. The Hall–Kier alpha value is -2.65. The second-order valence-electron chi connectivity index (χ2n) is 7.06. The van der Waals surface area contributed by atoms with Crippen molar-refractivity contribution in [2.75, 3.05) is 24.2 Å². The van der Waals surface area contributed by atoms with Crippen molar-refractivity contribution in [1.82, 2.24) is 10.2 Å². The number of carbonyl (C=O) groups is 2. The van der Waals surface area contributed by atoms with Gasteiger partial charge in [-0.05, 0) is 37.6 Å². The van der Waals surface area contributed by atoms with E-state index in [1.807, 2.05) is 0 Å². The van der Waals surface area contributed by atoms with Crippen LogP contribution in [0.25, 0.3) is 0 Å². The van der Waals surface area contributed by atoms with Crippen LogP contribution in [0.1, 0.15) is 18.1 Å². The van der Waals surface area contributed by atoms with E-state index in [-0.39, 0.29) is 17.8 Å². The summed E-state index contributed by atoms with van der Waals surface area (Å²) in [6.45, 7) is 2.36. The van der Waals surface area contributed by atoms with Crippen LogP contribution in [0, 0.1) is 12.7 Å². The molecule has 2 aromatic rings. The first-order chi connectivity index (χ1) is 14.5. The minimum absolute atomic E-state index is 0.202. The van der Waals surface area contributed by atoms with Crippen LogP contribution in [0.2, 0.25) is 5.02 Å². The summed E-state index contributed by atoms with van der Waals surface area (Å²) >= 11 is 6.13. The van der Waals surface area contributed by atoms with Gasteiger partial charge >= 0.3 is 0 Å². The van der Waals surface area contributed by atoms with E-state index in [9.17, 15) is 22.4 Å². The average molecular weight is 470 g/mol. The van der Waals surface area contributed by atoms with Gasteiger partial charge in [0.2, 0.25) is 21.8 Å². The van der Waals surface area contributed by atoms with Crippen molar-refractivity contribution >= 4 is 39.1 Å². The summed E-state index contributed by atoms with van der Waals surface area (Å²) in [5.74, 6) is -1.66. The van der Waals surface area contributed by atoms with Crippen LogP contribution in [-0.4, -0.2) is 51.0 Å². The lowest BCUT2D eigenvalue weighted by Gasteiger charge is -2.31. The summed E-state index contributed by atoms with van der Waals surface area (Å²) in [5, 5.41) is 2.80. The second kappa shape index (κ2) is 10.1. The fourth-order valence-corrected chi connectivity index (χ4v) is 4.13. The van der Waals surface area contributed by atoms with Gasteiger partial charge in [0.1, 0.15) is 18.4 Å². The lowest BCUT2D eigenvalue weighted by molar-refractivity contribution is -0.139. The van der Waals surface area contributed by atoms with Gasteiger partial charge in [-0.2, -0.15) is 0 Å². The fourth-order valence-electron chi connectivity index (χ4n) is 3.06. The maximum Gasteiger partial charge on any atom is 0.244 e. The number of hydrogen-bond donors (Lipinski definition) is 1. The predicted molar refractivity (Wildman–Crippen MR) is 119 cm³/mol. The molecule has 0 saturated carbocycles. The van der Waals surface area contributed by atoms with Crippen molar-refractivity contribution in [3.63, 3.8) is 0 Å². The number of benzene rings is 2. The third-order valence-electron chi connectivity index (χ3n) is 4.90. The molecule has 0 spiro atoms. The zero-order chi connectivity index (χ0) is 23.3. The van der Waals surface area contributed by atoms with Gasteiger partial charge in [-0.1, -0.05) is 35.9 Å². The molecule has 0 aliphatic carbocycles. The van der Waals surface area contributed by atoms with Gasteiger partial charge in [-0.25, -0.2) is 12.8 Å². The summed E-state index contributed by atoms with van der Waals surface area (Å²) in [7, 11) is -2.45. The molecule has 31 heavy (non-hydrogen) atoms. The van der Waals surface area contributed by atoms with Crippen molar-refractivity contribution < 1.29 is 22.4 Å². The van der Waals surface area contributed by atoms with Crippen molar-refractivity contribution in [2.24, 2.45) is 0 Å². The molecule has 168 valence electrons. The number of hydrogen-bond acceptors (Lipinski definition) is 4. The topological polar surface area (TPSA) is 86.8 Å². The number of carbonyl (C=O) groups excluding carboxylic acids is 2. The molecule has 0 aliphatic rings. The summed E-state index contributed by atoms with van der Waals surface area (Å²) in [6, 6.07) is 9.66. The number of amides is 2. The Labute approximate surface area is 186 Å². The van der Waals surface area contributed by atoms with Gasteiger partial charge in [0.15, 0.2) is 0 Å². The van der Waals surface area contributed by atoms with E-state index in [2.05, 4.69) is 5.32 Å². The molecule has 2 rings (SSSR count). The Morgan fingerprint density at radius 3 is 2.39 bits per heavy atom. The molecule has 0 fully saturated rings. The minimum atomic E-state index is -3.87. The van der Waals surface area contributed by atoms with Crippen molar-refractivity contribution in [3.8, 4) is 0 Å². The second-order valence-corrected chi connectivity index (χ2v) is 9.37. The average Bonchev–Trinajstić information content (AvgIpc) is 2.71. The Morgan fingerprint density at radius 1 is 1.16 bits per heavy atom. The number of nitrogens with zero attached hydrogens (tertiary/aromatic N) is 2. The monoisotopic (exact) mass is 469 g/mol. The van der Waals surface area contributed by atoms with Crippen molar-refractivity contribution in [1.29, 1.82) is 0 Å². The van der Waals surface area contributed by atoms with Gasteiger partial charge < -0.3 is 10.2 Å². The molecule has 0 saturated heterocycles. The van der Waals surface area contributed by atoms with Gasteiger partial charge in [0.25, 0.3) is 0 Å². The molecule has 1 atom stereocenters. The largest absolute Gasteiger partial charge is 0.357 e. The zero-order valence-electron chi connectivity index (χ0n) is 17.7. The van der Waals surface area contributed by atoms with Crippen LogP contribution in [0.5, 0.6) is 0 Å². The quantitative estimate of drug-likeness (QED) is 0.644. The van der Waals surface area contributed by atoms with Crippen LogP contribution < -0.4 is 9.62 Å². The molecule has 1 unspecified atom stereocenters. The molecular formula is C21H25ClFN3O4S. The third-order valence-corrected chi connectivity index (χ3v) is 6.44. The van der Waals surface area contributed by atoms with Crippen LogP contribution in [0.4, 0.5) is 10.1 Å². The molecule has 2 aromatic carbocycles. The van der Waals surface area contributed by atoms with E-state index in [1.54, 1.807) is 31.2 Å². The first-order valence-electron chi connectivity index (χ1n) is 9.44. The van der Waals surface area contributed by atoms with E-state index >= 15 is 0 Å². The van der Waals surface area contributed by atoms with Crippen LogP contribution >= 0.6 is 11.6 Å². The SMILES string of the molecule is CNC(=O)C(C)N(Cc1ccccc1F)C(=O)CN(c1cccc(Cl)c1C)S(C)(=O)=O. The highest BCUT2D eigenvalue weighted by Crippen LogP contribution is 2.28. The number of rotatable bonds is 8. The zero-order valence-corrected chi connectivity index (χ0v) is 19.3. The molecular weight excluding hydrogens is 445 g/mol. The third kappa shape index (κ3) is 5.95. The van der Waals surface area contributed by atoms with Gasteiger partial charge in [0, 0.05) is 24.2 Å². The molecule has 0 aromatic heterocycles. The van der Waals surface area contributed by atoms with E-state index < -0.39 is 40.2 Å². The highest BCUT2D eigenvalue weighted by Gasteiger charge is 2.30. The summed E-state index contributed by atoms with van der Waals surface area (Å²) in [6.07, 6.45) is 0.976. The fraction of sp³-hybridized carbons (Fsp3) is 0.333. The first-order valence-corrected chi connectivity index (χ1v) is 11.7. The Kier molecular flexibility index (Phi) is 8.02. The lowest BCUT2D eigenvalue weighted by Crippen LogP contribution is -2.50. The molecule has 0 aliphatic heterocycles. The van der Waals surface area contributed by atoms with Gasteiger partial charge in [-0.15, -0.1) is 0 Å². The molecule has 1 N–H and O–H groups in total. The van der Waals surface area contributed by atoms with Crippen LogP contribution in [0.3, 0.4) is 0 Å². The number of nitrogens with one attached hydrogen (secondary N) is 1. The van der Waals surface area contributed by atoms with E-state index in [0.717, 1.165) is 15.5 Å². The molecule has 2 amide bonds. The normalized spacial score (nSPS) is 12.2. The Morgan fingerprint density at radius 2 is 1.81 bits per heavy atom. The molecule has 0 bridgehead atoms. The summed E-state index contributed by atoms with van der Waals surface area (Å²) in [5.41, 5.74) is 0.945. The van der Waals surface area contributed by atoms with E-state index in [4.69, 9.17) is 11.6 Å². The van der Waals surface area contributed by atoms with Crippen LogP contribution in [0.15, 0.2) is 42.5 Å². The minimum Gasteiger partial charge on any atom is -0.357 e. The Bertz CT molecular complexity index is 1080. The number of halogens is 2. The maximum atomic E-state index is 14.2.